The summed E-state index contributed by atoms with van der Waals surface area (Å²) in [6.07, 6.45) is 2.14. The predicted molar refractivity (Wildman–Crippen MR) is 104 cm³/mol. The Kier molecular flexibility index (Phi) is 4.23. The fourth-order valence-electron chi connectivity index (χ4n) is 3.49. The Balaban J connectivity index is 2.17. The minimum absolute atomic E-state index is 0.852. The van der Waals surface area contributed by atoms with E-state index in [1.165, 1.54) is 28.2 Å². The highest BCUT2D eigenvalue weighted by Gasteiger charge is 2.25. The Bertz CT molecular complexity index is 923. The van der Waals surface area contributed by atoms with Crippen LogP contribution in [0.15, 0.2) is 34.2 Å². The fourth-order valence-corrected chi connectivity index (χ4v) is 3.49. The molecule has 4 heteroatoms. The quantitative estimate of drug-likeness (QED) is 0.819. The molecule has 3 rings (SSSR count). The lowest BCUT2D eigenvalue weighted by atomic mass is 10.1. The molecule has 0 bridgehead atoms. The van der Waals surface area contributed by atoms with Gasteiger partial charge >= 0.3 is 0 Å². The molecule has 132 valence electrons. The average Bonchev–Trinajstić information content (AvgIpc) is 3.14. The van der Waals surface area contributed by atoms with Crippen LogP contribution in [0.3, 0.4) is 0 Å². The number of methoxy groups -OCH3 is 1. The average molecular weight is 337 g/mol. The maximum Gasteiger partial charge on any atom is 0.149 e. The van der Waals surface area contributed by atoms with Crippen molar-refractivity contribution in [2.75, 3.05) is 7.11 Å². The van der Waals surface area contributed by atoms with E-state index in [1.807, 2.05) is 0 Å². The topological polar surface area (TPSA) is 31.4 Å². The standard InChI is InChI=1S/C21H27N3O/c1-12-9-10-18(23(12)6)20-15(4)21(25-8)17(22-20)11-19-14(3)13(2)16(5)24(19)7/h9-11H,1-8H3/b17-11+. The van der Waals surface area contributed by atoms with Gasteiger partial charge in [0.2, 0.25) is 0 Å². The summed E-state index contributed by atoms with van der Waals surface area (Å²) in [6, 6.07) is 4.24. The number of rotatable bonds is 3. The second-order valence-corrected chi connectivity index (χ2v) is 6.85. The SMILES string of the molecule is COC1=C(C)C(c2ccc(C)n2C)=N/C1=C/c1c(C)c(C)c(C)n1C. The smallest absolute Gasteiger partial charge is 0.149 e. The number of hydrogen-bond acceptors (Lipinski definition) is 2. The molecule has 0 unspecified atom stereocenters. The van der Waals surface area contributed by atoms with Gasteiger partial charge in [0.05, 0.1) is 18.5 Å². The van der Waals surface area contributed by atoms with E-state index in [2.05, 4.69) is 76.1 Å². The number of allylic oxidation sites excluding steroid dienone is 1. The predicted octanol–water partition coefficient (Wildman–Crippen LogP) is 4.36. The fraction of sp³-hybridized carbons (Fsp3) is 0.381. The van der Waals surface area contributed by atoms with E-state index in [1.54, 1.807) is 7.11 Å². The van der Waals surface area contributed by atoms with Crippen LogP contribution in [0.1, 0.15) is 40.8 Å². The van der Waals surface area contributed by atoms with Crippen molar-refractivity contribution in [2.45, 2.75) is 34.6 Å². The van der Waals surface area contributed by atoms with Gasteiger partial charge in [0.15, 0.2) is 0 Å². The minimum Gasteiger partial charge on any atom is -0.494 e. The summed E-state index contributed by atoms with van der Waals surface area (Å²) >= 11 is 0. The summed E-state index contributed by atoms with van der Waals surface area (Å²) in [5.41, 5.74) is 10.4. The maximum absolute atomic E-state index is 5.70. The highest BCUT2D eigenvalue weighted by Crippen LogP contribution is 2.32. The molecule has 1 aliphatic heterocycles. The molecule has 25 heavy (non-hydrogen) atoms. The molecular weight excluding hydrogens is 310 g/mol. The largest absolute Gasteiger partial charge is 0.494 e. The molecule has 0 saturated heterocycles. The molecule has 3 heterocycles. The normalized spacial score (nSPS) is 16.2. The Morgan fingerprint density at radius 3 is 2.12 bits per heavy atom. The molecule has 2 aromatic heterocycles. The van der Waals surface area contributed by atoms with Gasteiger partial charge in [-0.05, 0) is 64.0 Å². The molecular formula is C21H27N3O. The van der Waals surface area contributed by atoms with Gasteiger partial charge in [-0.25, -0.2) is 4.99 Å². The molecule has 1 aliphatic rings. The van der Waals surface area contributed by atoms with Crippen molar-refractivity contribution >= 4 is 11.8 Å². The van der Waals surface area contributed by atoms with Crippen molar-refractivity contribution in [3.05, 3.63) is 63.1 Å². The third kappa shape index (κ3) is 2.56. The highest BCUT2D eigenvalue weighted by atomic mass is 16.5. The number of aryl methyl sites for hydroxylation is 1. The molecule has 4 nitrogen and oxygen atoms in total. The molecule has 0 amide bonds. The zero-order chi connectivity index (χ0) is 18.5. The number of hydrogen-bond donors (Lipinski definition) is 0. The lowest BCUT2D eigenvalue weighted by Crippen LogP contribution is -2.07. The second-order valence-electron chi connectivity index (χ2n) is 6.85. The van der Waals surface area contributed by atoms with Crippen LogP contribution in [0.25, 0.3) is 6.08 Å². The van der Waals surface area contributed by atoms with Gasteiger partial charge in [0, 0.05) is 36.8 Å². The Hall–Kier alpha value is -2.49. The minimum atomic E-state index is 0.852. The van der Waals surface area contributed by atoms with Crippen LogP contribution in [0, 0.1) is 27.7 Å². The summed E-state index contributed by atoms with van der Waals surface area (Å²) in [7, 11) is 5.89. The summed E-state index contributed by atoms with van der Waals surface area (Å²) in [6.45, 7) is 10.7. The number of nitrogens with zero attached hydrogens (tertiary/aromatic N) is 3. The lowest BCUT2D eigenvalue weighted by Gasteiger charge is -2.06. The van der Waals surface area contributed by atoms with E-state index in [0.717, 1.165) is 28.4 Å². The van der Waals surface area contributed by atoms with E-state index in [9.17, 15) is 0 Å². The van der Waals surface area contributed by atoms with E-state index in [4.69, 9.17) is 9.73 Å². The van der Waals surface area contributed by atoms with Crippen LogP contribution in [-0.2, 0) is 18.8 Å². The summed E-state index contributed by atoms with van der Waals surface area (Å²) in [5, 5.41) is 0. The van der Waals surface area contributed by atoms with Crippen LogP contribution in [0.5, 0.6) is 0 Å². The summed E-state index contributed by atoms with van der Waals surface area (Å²) < 4.78 is 10.1. The highest BCUT2D eigenvalue weighted by molar-refractivity contribution is 6.15. The van der Waals surface area contributed by atoms with E-state index in [-0.39, 0.29) is 0 Å². The third-order valence-electron chi connectivity index (χ3n) is 5.61. The molecule has 0 atom stereocenters. The number of aromatic nitrogens is 2. The Labute approximate surface area is 150 Å². The first kappa shape index (κ1) is 17.3. The van der Waals surface area contributed by atoms with Crippen molar-refractivity contribution in [3.8, 4) is 0 Å². The summed E-state index contributed by atoms with van der Waals surface area (Å²) in [4.78, 5) is 4.93. The first-order valence-electron chi connectivity index (χ1n) is 8.59. The van der Waals surface area contributed by atoms with Crippen molar-refractivity contribution in [1.82, 2.24) is 9.13 Å². The van der Waals surface area contributed by atoms with E-state index in [0.29, 0.717) is 0 Å². The second kappa shape index (κ2) is 6.10. The van der Waals surface area contributed by atoms with Crippen LogP contribution < -0.4 is 0 Å². The molecule has 0 N–H and O–H groups in total. The van der Waals surface area contributed by atoms with E-state index >= 15 is 0 Å². The first-order chi connectivity index (χ1) is 11.8. The van der Waals surface area contributed by atoms with Crippen molar-refractivity contribution in [2.24, 2.45) is 19.1 Å². The van der Waals surface area contributed by atoms with Crippen molar-refractivity contribution in [3.63, 3.8) is 0 Å². The first-order valence-corrected chi connectivity index (χ1v) is 8.59. The van der Waals surface area contributed by atoms with Gasteiger partial charge in [0.25, 0.3) is 0 Å². The molecule has 0 radical (unpaired) electrons. The Morgan fingerprint density at radius 2 is 1.64 bits per heavy atom. The molecule has 0 aromatic carbocycles. The molecule has 0 spiro atoms. The van der Waals surface area contributed by atoms with Crippen LogP contribution in [-0.4, -0.2) is 22.0 Å². The third-order valence-corrected chi connectivity index (χ3v) is 5.61. The van der Waals surface area contributed by atoms with Crippen LogP contribution >= 0.6 is 0 Å². The zero-order valence-corrected chi connectivity index (χ0v) is 16.5. The van der Waals surface area contributed by atoms with E-state index < -0.39 is 0 Å². The molecule has 0 fully saturated rings. The van der Waals surface area contributed by atoms with Gasteiger partial charge in [-0.2, -0.15) is 0 Å². The van der Waals surface area contributed by atoms with Gasteiger partial charge in [-0.3, -0.25) is 0 Å². The molecule has 2 aromatic rings. The Morgan fingerprint density at radius 1 is 0.960 bits per heavy atom. The summed E-state index contributed by atoms with van der Waals surface area (Å²) in [5.74, 6) is 0.852. The molecule has 0 saturated carbocycles. The maximum atomic E-state index is 5.70. The van der Waals surface area contributed by atoms with Gasteiger partial charge in [-0.15, -0.1) is 0 Å². The lowest BCUT2D eigenvalue weighted by molar-refractivity contribution is 0.300. The van der Waals surface area contributed by atoms with Crippen molar-refractivity contribution < 1.29 is 4.74 Å². The number of aliphatic imine (C=N–C) groups is 1. The van der Waals surface area contributed by atoms with Crippen LogP contribution in [0.4, 0.5) is 0 Å². The zero-order valence-electron chi connectivity index (χ0n) is 16.5. The van der Waals surface area contributed by atoms with Gasteiger partial charge in [0.1, 0.15) is 11.5 Å². The monoisotopic (exact) mass is 337 g/mol. The van der Waals surface area contributed by atoms with Gasteiger partial charge < -0.3 is 13.9 Å². The number of ether oxygens (including phenoxy) is 1. The van der Waals surface area contributed by atoms with Crippen LogP contribution in [0.2, 0.25) is 0 Å². The van der Waals surface area contributed by atoms with Gasteiger partial charge in [-0.1, -0.05) is 0 Å². The van der Waals surface area contributed by atoms with Crippen molar-refractivity contribution in [1.29, 1.82) is 0 Å². The molecule has 0 aliphatic carbocycles.